The summed E-state index contributed by atoms with van der Waals surface area (Å²) in [5.41, 5.74) is 0.931. The van der Waals surface area contributed by atoms with E-state index in [0.29, 0.717) is 0 Å². The maximum Gasteiger partial charge on any atom is 0.0765 e. The molecule has 0 saturated heterocycles. The van der Waals surface area contributed by atoms with Crippen LogP contribution in [-0.2, 0) is 0 Å². The van der Waals surface area contributed by atoms with Gasteiger partial charge in [-0.25, -0.2) is 5.01 Å². The average Bonchev–Trinajstić information content (AvgIpc) is 2.29. The molecule has 0 bridgehead atoms. The molecule has 0 fully saturated rings. The Morgan fingerprint density at radius 3 is 2.81 bits per heavy atom. The molecule has 16 heavy (non-hydrogen) atoms. The van der Waals surface area contributed by atoms with E-state index in [1.165, 1.54) is 0 Å². The van der Waals surface area contributed by atoms with Crippen LogP contribution in [0.1, 0.15) is 27.2 Å². The number of benzene rings is 1. The van der Waals surface area contributed by atoms with Crippen LogP contribution in [0.3, 0.4) is 0 Å². The average molecular weight is 236 g/mol. The highest BCUT2D eigenvalue weighted by molar-refractivity contribution is 8.00. The summed E-state index contributed by atoms with van der Waals surface area (Å²) in [5, 5.41) is 4.76. The summed E-state index contributed by atoms with van der Waals surface area (Å²) in [4.78, 5) is 12.1. The lowest BCUT2D eigenvalue weighted by atomic mass is 10.0. The van der Waals surface area contributed by atoms with E-state index in [0.717, 1.165) is 17.0 Å². The lowest BCUT2D eigenvalue weighted by Crippen LogP contribution is -2.31. The van der Waals surface area contributed by atoms with Crippen molar-refractivity contribution in [3.05, 3.63) is 29.2 Å². The molecule has 4 heteroatoms. The van der Waals surface area contributed by atoms with Crippen LogP contribution >= 0.6 is 11.8 Å². The Morgan fingerprint density at radius 1 is 1.44 bits per heavy atom. The molecule has 1 aromatic rings. The summed E-state index contributed by atoms with van der Waals surface area (Å²) in [5.74, 6) is 0. The van der Waals surface area contributed by atoms with Gasteiger partial charge in [-0.3, -0.25) is 0 Å². The number of hydrogen-bond acceptors (Lipinski definition) is 3. The highest BCUT2D eigenvalue weighted by atomic mass is 32.2. The number of anilines is 1. The van der Waals surface area contributed by atoms with Gasteiger partial charge < -0.3 is 0 Å². The molecule has 1 heterocycles. The Balaban J connectivity index is 2.50. The number of thioether (sulfide) groups is 1. The second kappa shape index (κ2) is 4.09. The van der Waals surface area contributed by atoms with E-state index in [1.54, 1.807) is 5.01 Å². The van der Waals surface area contributed by atoms with Gasteiger partial charge in [-0.1, -0.05) is 26.0 Å². The third kappa shape index (κ3) is 2.07. The van der Waals surface area contributed by atoms with E-state index in [4.69, 9.17) is 0 Å². The summed E-state index contributed by atoms with van der Waals surface area (Å²) in [6, 6.07) is 8.10. The minimum Gasteiger partial charge on any atom is -0.225 e. The van der Waals surface area contributed by atoms with Gasteiger partial charge in [0.2, 0.25) is 0 Å². The molecule has 0 amide bonds. The van der Waals surface area contributed by atoms with Crippen LogP contribution in [0.4, 0.5) is 5.69 Å². The Labute approximate surface area is 100 Å². The molecule has 86 valence electrons. The summed E-state index contributed by atoms with van der Waals surface area (Å²) in [6.07, 6.45) is 0.943. The molecule has 0 aromatic heterocycles. The Morgan fingerprint density at radius 2 is 2.12 bits per heavy atom. The van der Waals surface area contributed by atoms with Gasteiger partial charge in [0.1, 0.15) is 0 Å². The molecule has 1 aromatic carbocycles. The first-order valence-corrected chi connectivity index (χ1v) is 6.26. The SMILES string of the molecule is C[C@@H]1CC(C)(C)Sc2ccccc2N1N=O. The molecular formula is C12H16N2OS. The van der Waals surface area contributed by atoms with E-state index >= 15 is 0 Å². The summed E-state index contributed by atoms with van der Waals surface area (Å²) < 4.78 is 0.134. The van der Waals surface area contributed by atoms with Crippen molar-refractivity contribution in [3.8, 4) is 0 Å². The van der Waals surface area contributed by atoms with E-state index in [9.17, 15) is 4.91 Å². The number of nitrogens with zero attached hydrogens (tertiary/aromatic N) is 2. The zero-order valence-corrected chi connectivity index (χ0v) is 10.6. The summed E-state index contributed by atoms with van der Waals surface area (Å²) in [6.45, 7) is 6.46. The summed E-state index contributed by atoms with van der Waals surface area (Å²) >= 11 is 1.82. The zero-order valence-electron chi connectivity index (χ0n) is 9.80. The van der Waals surface area contributed by atoms with Gasteiger partial charge in [0.15, 0.2) is 0 Å². The smallest absolute Gasteiger partial charge is 0.0765 e. The Kier molecular flexibility index (Phi) is 2.93. The molecular weight excluding hydrogens is 220 g/mol. The fourth-order valence-electron chi connectivity index (χ4n) is 2.23. The van der Waals surface area contributed by atoms with Crippen LogP contribution in [0.5, 0.6) is 0 Å². The molecule has 0 saturated carbocycles. The first kappa shape index (κ1) is 11.5. The van der Waals surface area contributed by atoms with Gasteiger partial charge in [-0.2, -0.15) is 0 Å². The van der Waals surface area contributed by atoms with Crippen molar-refractivity contribution in [2.45, 2.75) is 42.9 Å². The van der Waals surface area contributed by atoms with E-state index in [-0.39, 0.29) is 10.8 Å². The van der Waals surface area contributed by atoms with E-state index < -0.39 is 0 Å². The molecule has 0 unspecified atom stereocenters. The van der Waals surface area contributed by atoms with Crippen molar-refractivity contribution in [1.82, 2.24) is 0 Å². The van der Waals surface area contributed by atoms with Crippen molar-refractivity contribution in [1.29, 1.82) is 0 Å². The standard InChI is InChI=1S/C12H16N2OS/c1-9-8-12(2,3)16-11-7-5-4-6-10(11)14(9)13-15/h4-7,9H,8H2,1-3H3/t9-/m1/s1. The van der Waals surface area contributed by atoms with Crippen LogP contribution < -0.4 is 5.01 Å². The van der Waals surface area contributed by atoms with Crippen molar-refractivity contribution < 1.29 is 0 Å². The molecule has 0 N–H and O–H groups in total. The molecule has 1 atom stereocenters. The molecule has 0 radical (unpaired) electrons. The number of para-hydroxylation sites is 1. The zero-order chi connectivity index (χ0) is 11.8. The molecule has 3 nitrogen and oxygen atoms in total. The third-order valence-corrected chi connectivity index (χ3v) is 4.08. The van der Waals surface area contributed by atoms with Crippen molar-refractivity contribution in [2.75, 3.05) is 5.01 Å². The second-order valence-electron chi connectivity index (χ2n) is 4.81. The summed E-state index contributed by atoms with van der Waals surface area (Å²) in [7, 11) is 0. The van der Waals surface area contributed by atoms with Crippen molar-refractivity contribution in [3.63, 3.8) is 0 Å². The maximum atomic E-state index is 11.0. The Bertz CT molecular complexity index is 406. The Hall–Kier alpha value is -1.03. The first-order valence-electron chi connectivity index (χ1n) is 5.44. The molecule has 1 aliphatic rings. The van der Waals surface area contributed by atoms with E-state index in [2.05, 4.69) is 25.2 Å². The topological polar surface area (TPSA) is 32.7 Å². The maximum absolute atomic E-state index is 11.0. The minimum absolute atomic E-state index is 0.134. The second-order valence-corrected chi connectivity index (χ2v) is 6.56. The normalized spacial score (nSPS) is 23.4. The van der Waals surface area contributed by atoms with Crippen LogP contribution in [-0.4, -0.2) is 10.8 Å². The van der Waals surface area contributed by atoms with Gasteiger partial charge in [0.25, 0.3) is 0 Å². The quantitative estimate of drug-likeness (QED) is 0.694. The highest BCUT2D eigenvalue weighted by Gasteiger charge is 2.32. The predicted molar refractivity (Wildman–Crippen MR) is 68.7 cm³/mol. The van der Waals surface area contributed by atoms with Gasteiger partial charge in [0.05, 0.1) is 17.0 Å². The number of fused-ring (bicyclic) bond motifs is 1. The highest BCUT2D eigenvalue weighted by Crippen LogP contribution is 2.45. The van der Waals surface area contributed by atoms with Crippen LogP contribution in [0.2, 0.25) is 0 Å². The fraction of sp³-hybridized carbons (Fsp3) is 0.500. The van der Waals surface area contributed by atoms with Crippen molar-refractivity contribution >= 4 is 17.4 Å². The van der Waals surface area contributed by atoms with Gasteiger partial charge in [-0.15, -0.1) is 16.7 Å². The van der Waals surface area contributed by atoms with Gasteiger partial charge in [-0.05, 0) is 25.5 Å². The minimum atomic E-state index is 0.134. The number of nitroso groups, excluding NO2 is 1. The van der Waals surface area contributed by atoms with Gasteiger partial charge >= 0.3 is 0 Å². The lowest BCUT2D eigenvalue weighted by Gasteiger charge is -2.25. The van der Waals surface area contributed by atoms with Crippen LogP contribution in [0, 0.1) is 4.91 Å². The van der Waals surface area contributed by atoms with Crippen LogP contribution in [0.15, 0.2) is 34.4 Å². The molecule has 0 aliphatic carbocycles. The van der Waals surface area contributed by atoms with Gasteiger partial charge in [0, 0.05) is 9.64 Å². The third-order valence-electron chi connectivity index (χ3n) is 2.79. The van der Waals surface area contributed by atoms with Crippen molar-refractivity contribution in [2.24, 2.45) is 5.29 Å². The first-order chi connectivity index (χ1) is 7.53. The predicted octanol–water partition coefficient (Wildman–Crippen LogP) is 3.84. The number of hydrogen-bond donors (Lipinski definition) is 0. The number of rotatable bonds is 1. The fourth-order valence-corrected chi connectivity index (χ4v) is 3.56. The van der Waals surface area contributed by atoms with Crippen LogP contribution in [0.25, 0.3) is 0 Å². The molecule has 0 spiro atoms. The van der Waals surface area contributed by atoms with E-state index in [1.807, 2.05) is 36.9 Å². The molecule has 1 aliphatic heterocycles. The lowest BCUT2D eigenvalue weighted by molar-refractivity contribution is 0.530. The monoisotopic (exact) mass is 236 g/mol. The largest absolute Gasteiger partial charge is 0.225 e. The molecule has 2 rings (SSSR count).